The number of fused-ring (bicyclic) bond motifs is 2. The predicted octanol–water partition coefficient (Wildman–Crippen LogP) is 6.25. The smallest absolute Gasteiger partial charge is 0.303 e. The van der Waals surface area contributed by atoms with Crippen LogP contribution in [-0.4, -0.2) is 63.5 Å². The maximum atomic E-state index is 12.5. The van der Waals surface area contributed by atoms with E-state index in [1.807, 2.05) is 27.7 Å². The van der Waals surface area contributed by atoms with Crippen LogP contribution in [0.1, 0.15) is 133 Å². The first-order valence-electron chi connectivity index (χ1n) is 16.4. The third-order valence-corrected chi connectivity index (χ3v) is 13.0. The Bertz CT molecular complexity index is 1090. The molecule has 240 valence electrons. The second-order valence-electron chi connectivity index (χ2n) is 16.2. The van der Waals surface area contributed by atoms with E-state index in [0.29, 0.717) is 25.2 Å². The molecule has 42 heavy (non-hydrogen) atoms. The van der Waals surface area contributed by atoms with Crippen LogP contribution in [0.5, 0.6) is 0 Å². The fourth-order valence-corrected chi connectivity index (χ4v) is 10.1. The van der Waals surface area contributed by atoms with Crippen LogP contribution < -0.4 is 0 Å². The predicted molar refractivity (Wildman–Crippen MR) is 157 cm³/mol. The van der Waals surface area contributed by atoms with E-state index in [4.69, 9.17) is 23.7 Å². The van der Waals surface area contributed by atoms with Crippen molar-refractivity contribution in [2.45, 2.75) is 180 Å². The molecule has 3 saturated heterocycles. The van der Waals surface area contributed by atoms with Crippen molar-refractivity contribution in [1.82, 2.24) is 0 Å². The minimum Gasteiger partial charge on any atom is -0.460 e. The second kappa shape index (κ2) is 10.1. The molecule has 1 spiro atoms. The first-order valence-corrected chi connectivity index (χ1v) is 16.4. The molecule has 2 aliphatic carbocycles. The maximum absolute atomic E-state index is 12.5. The molecule has 3 aliphatic heterocycles. The molecule has 0 aromatic carbocycles. The van der Waals surface area contributed by atoms with Gasteiger partial charge in [0.1, 0.15) is 22.9 Å². The van der Waals surface area contributed by atoms with Gasteiger partial charge in [-0.3, -0.25) is 9.59 Å². The Balaban J connectivity index is 1.49. The lowest BCUT2D eigenvalue weighted by atomic mass is 9.51. The standard InChI is InChI=1S/C34H56O8/c1-21-11-12-27-33(19-20-34(37,42-33)29(6,7)41-27)31(21,9)17-13-24-30(8)16-14-25(38-22(2)35)28(4,5)40-26(30)15-18-32(24,10)39-23(3)36/h21,24-27,37H,11-20H2,1-10H3/t21-,24+,25+,26-,27-,30-,31-,32+,33+,34-/m1/s1. The summed E-state index contributed by atoms with van der Waals surface area (Å²) in [6.07, 6.45) is 7.45. The van der Waals surface area contributed by atoms with Gasteiger partial charge < -0.3 is 28.8 Å². The van der Waals surface area contributed by atoms with Crippen molar-refractivity contribution in [3.8, 4) is 0 Å². The number of carbonyl (C=O) groups is 2. The molecule has 0 aromatic heterocycles. The number of hydrogen-bond donors (Lipinski definition) is 1. The third kappa shape index (κ3) is 4.76. The van der Waals surface area contributed by atoms with E-state index in [1.165, 1.54) is 13.8 Å². The number of aliphatic hydroxyl groups is 1. The molecule has 2 saturated carbocycles. The Labute approximate surface area is 252 Å². The second-order valence-corrected chi connectivity index (χ2v) is 16.2. The molecular weight excluding hydrogens is 536 g/mol. The van der Waals surface area contributed by atoms with Crippen LogP contribution in [0, 0.1) is 22.7 Å². The lowest BCUT2D eigenvalue weighted by molar-refractivity contribution is -0.410. The van der Waals surface area contributed by atoms with Gasteiger partial charge in [-0.15, -0.1) is 0 Å². The lowest BCUT2D eigenvalue weighted by Gasteiger charge is -2.63. The summed E-state index contributed by atoms with van der Waals surface area (Å²) in [6, 6.07) is 0. The average Bonchev–Trinajstić information content (AvgIpc) is 3.16. The number of carbonyl (C=O) groups excluding carboxylic acids is 2. The van der Waals surface area contributed by atoms with Gasteiger partial charge in [0.05, 0.1) is 17.8 Å². The highest BCUT2D eigenvalue weighted by molar-refractivity contribution is 5.66. The van der Waals surface area contributed by atoms with E-state index >= 15 is 0 Å². The minimum absolute atomic E-state index is 0.0153. The van der Waals surface area contributed by atoms with E-state index in [0.717, 1.165) is 44.9 Å². The molecule has 0 radical (unpaired) electrons. The fourth-order valence-electron chi connectivity index (χ4n) is 10.1. The van der Waals surface area contributed by atoms with Gasteiger partial charge in [0.2, 0.25) is 0 Å². The van der Waals surface area contributed by atoms with Gasteiger partial charge in [-0.1, -0.05) is 20.8 Å². The van der Waals surface area contributed by atoms with Gasteiger partial charge in [-0.05, 0) is 98.3 Å². The molecular formula is C34H56O8. The fraction of sp³-hybridized carbons (Fsp3) is 0.941. The summed E-state index contributed by atoms with van der Waals surface area (Å²) in [7, 11) is 0. The molecule has 0 unspecified atom stereocenters. The molecule has 5 aliphatic rings. The van der Waals surface area contributed by atoms with Crippen LogP contribution >= 0.6 is 0 Å². The van der Waals surface area contributed by atoms with Crippen molar-refractivity contribution in [2.24, 2.45) is 22.7 Å². The first kappa shape index (κ1) is 32.2. The normalized spacial score (nSPS) is 49.3. The van der Waals surface area contributed by atoms with E-state index < -0.39 is 28.2 Å². The highest BCUT2D eigenvalue weighted by Crippen LogP contribution is 2.66. The molecule has 3 heterocycles. The van der Waals surface area contributed by atoms with Gasteiger partial charge >= 0.3 is 11.9 Å². The topological polar surface area (TPSA) is 101 Å². The molecule has 2 bridgehead atoms. The summed E-state index contributed by atoms with van der Waals surface area (Å²) in [5.74, 6) is -1.48. The Morgan fingerprint density at radius 2 is 1.52 bits per heavy atom. The van der Waals surface area contributed by atoms with Crippen molar-refractivity contribution in [3.63, 3.8) is 0 Å². The molecule has 8 heteroatoms. The summed E-state index contributed by atoms with van der Waals surface area (Å²) in [5.41, 5.74) is -3.16. The van der Waals surface area contributed by atoms with E-state index in [9.17, 15) is 14.7 Å². The number of rotatable bonds is 5. The van der Waals surface area contributed by atoms with Crippen molar-refractivity contribution in [3.05, 3.63) is 0 Å². The summed E-state index contributed by atoms with van der Waals surface area (Å²) >= 11 is 0. The monoisotopic (exact) mass is 592 g/mol. The van der Waals surface area contributed by atoms with Gasteiger partial charge in [0.25, 0.3) is 0 Å². The number of esters is 2. The number of ether oxygens (including phenoxy) is 5. The van der Waals surface area contributed by atoms with Crippen molar-refractivity contribution in [2.75, 3.05) is 0 Å². The zero-order valence-electron chi connectivity index (χ0n) is 27.8. The van der Waals surface area contributed by atoms with Gasteiger partial charge in [-0.2, -0.15) is 0 Å². The van der Waals surface area contributed by atoms with Crippen molar-refractivity contribution < 1.29 is 38.4 Å². The van der Waals surface area contributed by atoms with E-state index in [2.05, 4.69) is 27.7 Å². The lowest BCUT2D eigenvalue weighted by Crippen LogP contribution is -2.70. The zero-order chi connectivity index (χ0) is 31.1. The van der Waals surface area contributed by atoms with E-state index in [-0.39, 0.29) is 47.0 Å². The Morgan fingerprint density at radius 1 is 0.833 bits per heavy atom. The molecule has 0 amide bonds. The van der Waals surface area contributed by atoms with Gasteiger partial charge in [0, 0.05) is 37.0 Å². The minimum atomic E-state index is -1.30. The third-order valence-electron chi connectivity index (χ3n) is 13.0. The summed E-state index contributed by atoms with van der Waals surface area (Å²) in [6.45, 7) is 20.0. The van der Waals surface area contributed by atoms with Crippen molar-refractivity contribution >= 4 is 11.9 Å². The largest absolute Gasteiger partial charge is 0.460 e. The zero-order valence-corrected chi connectivity index (χ0v) is 27.8. The molecule has 5 fully saturated rings. The summed E-state index contributed by atoms with van der Waals surface area (Å²) in [4.78, 5) is 24.5. The van der Waals surface area contributed by atoms with Crippen LogP contribution in [0.25, 0.3) is 0 Å². The molecule has 1 N–H and O–H groups in total. The van der Waals surface area contributed by atoms with Crippen LogP contribution in [0.15, 0.2) is 0 Å². The van der Waals surface area contributed by atoms with Crippen LogP contribution in [0.3, 0.4) is 0 Å². The van der Waals surface area contributed by atoms with E-state index in [1.54, 1.807) is 0 Å². The Hall–Kier alpha value is -1.22. The van der Waals surface area contributed by atoms with Crippen molar-refractivity contribution in [1.29, 1.82) is 0 Å². The van der Waals surface area contributed by atoms with Crippen LogP contribution in [-0.2, 0) is 33.3 Å². The van der Waals surface area contributed by atoms with Crippen LogP contribution in [0.2, 0.25) is 0 Å². The van der Waals surface area contributed by atoms with Gasteiger partial charge in [-0.25, -0.2) is 0 Å². The highest BCUT2D eigenvalue weighted by Gasteiger charge is 2.72. The molecule has 5 rings (SSSR count). The quantitative estimate of drug-likeness (QED) is 0.374. The highest BCUT2D eigenvalue weighted by atomic mass is 16.7. The first-order chi connectivity index (χ1) is 19.2. The summed E-state index contributed by atoms with van der Waals surface area (Å²) in [5, 5.41) is 11.6. The van der Waals surface area contributed by atoms with Gasteiger partial charge in [0.15, 0.2) is 5.79 Å². The van der Waals surface area contributed by atoms with Crippen LogP contribution in [0.4, 0.5) is 0 Å². The molecule has 10 atom stereocenters. The molecule has 0 aromatic rings. The maximum Gasteiger partial charge on any atom is 0.303 e. The average molecular weight is 593 g/mol. The Morgan fingerprint density at radius 3 is 2.17 bits per heavy atom. The SMILES string of the molecule is CC(=O)O[C@H]1CC[C@@]2(C)[C@@H](CC[C@](C)(OC(C)=O)[C@H]2CC[C@]2(C)[C@H](C)CC[C@H]3OC(C)(C)[C@@]4(O)CC[C@]32O4)OC1(C)C. The summed E-state index contributed by atoms with van der Waals surface area (Å²) < 4.78 is 32.4. The molecule has 8 nitrogen and oxygen atoms in total. The Kier molecular flexibility index (Phi) is 7.78. The number of hydrogen-bond acceptors (Lipinski definition) is 8.